The van der Waals surface area contributed by atoms with Gasteiger partial charge in [-0.05, 0) is 19.1 Å². The Balaban J connectivity index is 2.07. The van der Waals surface area contributed by atoms with Crippen LogP contribution in [0.15, 0.2) is 40.1 Å². The normalized spacial score (nSPS) is 11.4. The number of rotatable bonds is 4. The molecule has 2 aromatic rings. The van der Waals surface area contributed by atoms with Gasteiger partial charge in [0.15, 0.2) is 5.84 Å². The second-order valence-corrected chi connectivity index (χ2v) is 4.36. The van der Waals surface area contributed by atoms with Crippen molar-refractivity contribution in [2.75, 3.05) is 0 Å². The van der Waals surface area contributed by atoms with E-state index in [0.717, 1.165) is 6.07 Å². The Morgan fingerprint density at radius 1 is 1.48 bits per heavy atom. The third-order valence-electron chi connectivity index (χ3n) is 3.00. The molecule has 0 unspecified atom stereocenters. The van der Waals surface area contributed by atoms with Gasteiger partial charge in [-0.1, -0.05) is 17.3 Å². The molecule has 2 rings (SSSR count). The minimum atomic E-state index is -0.552. The summed E-state index contributed by atoms with van der Waals surface area (Å²) in [6.45, 7) is 1.69. The van der Waals surface area contributed by atoms with E-state index in [4.69, 9.17) is 15.4 Å². The number of aryl methyl sites for hydroxylation is 1. The van der Waals surface area contributed by atoms with Crippen molar-refractivity contribution < 1.29 is 18.8 Å². The molecule has 0 aliphatic heterocycles. The summed E-state index contributed by atoms with van der Waals surface area (Å²) in [4.78, 5) is 11.9. The van der Waals surface area contributed by atoms with E-state index < -0.39 is 5.82 Å². The van der Waals surface area contributed by atoms with Crippen molar-refractivity contribution in [2.45, 2.75) is 13.5 Å². The highest BCUT2D eigenvalue weighted by Crippen LogP contribution is 2.12. The molecule has 110 valence electrons. The number of benzene rings is 1. The fraction of sp³-hybridized carbons (Fsp3) is 0.143. The lowest BCUT2D eigenvalue weighted by molar-refractivity contribution is 0.0949. The number of furan rings is 1. The Hall–Kier alpha value is -2.83. The highest BCUT2D eigenvalue weighted by molar-refractivity contribution is 5.97. The molecule has 0 saturated carbocycles. The molecule has 1 aromatic carbocycles. The first-order valence-corrected chi connectivity index (χ1v) is 6.11. The van der Waals surface area contributed by atoms with Crippen LogP contribution in [0.5, 0.6) is 0 Å². The van der Waals surface area contributed by atoms with Crippen LogP contribution in [0, 0.1) is 12.7 Å². The van der Waals surface area contributed by atoms with Crippen LogP contribution < -0.4 is 11.1 Å². The molecule has 0 spiro atoms. The molecule has 0 aliphatic rings. The summed E-state index contributed by atoms with van der Waals surface area (Å²) in [7, 11) is 0. The molecule has 0 atom stereocenters. The molecule has 1 heterocycles. The lowest BCUT2D eigenvalue weighted by atomic mass is 10.1. The maximum absolute atomic E-state index is 13.9. The summed E-state index contributed by atoms with van der Waals surface area (Å²) in [5.74, 6) is -0.585. The Labute approximate surface area is 120 Å². The molecule has 0 aliphatic carbocycles. The maximum atomic E-state index is 13.9. The van der Waals surface area contributed by atoms with E-state index in [-0.39, 0.29) is 23.9 Å². The summed E-state index contributed by atoms with van der Waals surface area (Å²) in [5, 5.41) is 13.9. The molecular formula is C14H14FN3O3. The largest absolute Gasteiger partial charge is 0.469 e. The average Bonchev–Trinajstić information content (AvgIpc) is 2.91. The Bertz CT molecular complexity index is 695. The summed E-state index contributed by atoms with van der Waals surface area (Å²) < 4.78 is 18.9. The first-order chi connectivity index (χ1) is 10.0. The smallest absolute Gasteiger partial charge is 0.255 e. The minimum absolute atomic E-state index is 0.0196. The fourth-order valence-electron chi connectivity index (χ4n) is 1.80. The summed E-state index contributed by atoms with van der Waals surface area (Å²) in [6, 6.07) is 5.65. The average molecular weight is 291 g/mol. The van der Waals surface area contributed by atoms with Gasteiger partial charge in [0.2, 0.25) is 0 Å². The van der Waals surface area contributed by atoms with Gasteiger partial charge in [0, 0.05) is 17.7 Å². The zero-order valence-electron chi connectivity index (χ0n) is 11.3. The van der Waals surface area contributed by atoms with E-state index in [2.05, 4.69) is 10.5 Å². The van der Waals surface area contributed by atoms with Crippen LogP contribution in [0.3, 0.4) is 0 Å². The first-order valence-electron chi connectivity index (χ1n) is 6.11. The Kier molecular flexibility index (Phi) is 4.22. The monoisotopic (exact) mass is 291 g/mol. The number of carbonyl (C=O) groups excluding carboxylic acids is 1. The van der Waals surface area contributed by atoms with Crippen LogP contribution in [0.4, 0.5) is 4.39 Å². The third kappa shape index (κ3) is 3.19. The van der Waals surface area contributed by atoms with Gasteiger partial charge >= 0.3 is 0 Å². The first kappa shape index (κ1) is 14.6. The molecule has 21 heavy (non-hydrogen) atoms. The lowest BCUT2D eigenvalue weighted by Gasteiger charge is -2.07. The van der Waals surface area contributed by atoms with Crippen LogP contribution in [0.1, 0.15) is 27.2 Å². The van der Waals surface area contributed by atoms with E-state index >= 15 is 0 Å². The van der Waals surface area contributed by atoms with Crippen molar-refractivity contribution in [3.8, 4) is 0 Å². The van der Waals surface area contributed by atoms with Gasteiger partial charge in [-0.2, -0.15) is 0 Å². The third-order valence-corrected chi connectivity index (χ3v) is 3.00. The topological polar surface area (TPSA) is 101 Å². The van der Waals surface area contributed by atoms with Gasteiger partial charge in [-0.15, -0.1) is 0 Å². The Morgan fingerprint density at radius 2 is 2.24 bits per heavy atom. The van der Waals surface area contributed by atoms with Crippen LogP contribution in [-0.4, -0.2) is 17.0 Å². The molecule has 0 bridgehead atoms. The number of nitrogens with two attached hydrogens (primary N) is 1. The molecule has 1 aromatic heterocycles. The standard InChI is InChI=1S/C14H14FN3O3/c1-8-11(4-5-21-8)14(19)17-7-10-3-2-9(6-12(10)15)13(16)18-20/h2-6,20H,7H2,1H3,(H2,16,18)(H,17,19). The van der Waals surface area contributed by atoms with E-state index in [0.29, 0.717) is 16.9 Å². The van der Waals surface area contributed by atoms with Gasteiger partial charge in [0.05, 0.1) is 11.8 Å². The number of amidine groups is 1. The van der Waals surface area contributed by atoms with Crippen LogP contribution in [0.25, 0.3) is 0 Å². The molecule has 0 fully saturated rings. The van der Waals surface area contributed by atoms with E-state index in [9.17, 15) is 9.18 Å². The van der Waals surface area contributed by atoms with Gasteiger partial charge in [0.25, 0.3) is 5.91 Å². The molecule has 1 amide bonds. The number of carbonyl (C=O) groups is 1. The van der Waals surface area contributed by atoms with Crippen LogP contribution >= 0.6 is 0 Å². The van der Waals surface area contributed by atoms with Gasteiger partial charge in [-0.3, -0.25) is 4.79 Å². The molecule has 0 radical (unpaired) electrons. The number of hydrogen-bond donors (Lipinski definition) is 3. The quantitative estimate of drug-likeness (QED) is 0.346. The van der Waals surface area contributed by atoms with Crippen LogP contribution in [-0.2, 0) is 6.54 Å². The van der Waals surface area contributed by atoms with Crippen molar-refractivity contribution >= 4 is 11.7 Å². The van der Waals surface area contributed by atoms with Crippen molar-refractivity contribution in [3.05, 3.63) is 58.8 Å². The van der Waals surface area contributed by atoms with Crippen molar-refractivity contribution in [1.82, 2.24) is 5.32 Å². The van der Waals surface area contributed by atoms with Gasteiger partial charge in [-0.25, -0.2) is 4.39 Å². The molecule has 6 nitrogen and oxygen atoms in total. The van der Waals surface area contributed by atoms with Crippen molar-refractivity contribution in [3.63, 3.8) is 0 Å². The fourth-order valence-corrected chi connectivity index (χ4v) is 1.80. The summed E-state index contributed by atoms with van der Waals surface area (Å²) in [6.07, 6.45) is 1.41. The zero-order valence-corrected chi connectivity index (χ0v) is 11.3. The number of amides is 1. The number of hydrogen-bond acceptors (Lipinski definition) is 4. The van der Waals surface area contributed by atoms with Crippen molar-refractivity contribution in [1.29, 1.82) is 0 Å². The highest BCUT2D eigenvalue weighted by atomic mass is 19.1. The van der Waals surface area contributed by atoms with Gasteiger partial charge in [0.1, 0.15) is 11.6 Å². The maximum Gasteiger partial charge on any atom is 0.255 e. The van der Waals surface area contributed by atoms with E-state index in [1.165, 1.54) is 18.4 Å². The van der Waals surface area contributed by atoms with Crippen LogP contribution in [0.2, 0.25) is 0 Å². The zero-order chi connectivity index (χ0) is 15.4. The lowest BCUT2D eigenvalue weighted by Crippen LogP contribution is -2.23. The summed E-state index contributed by atoms with van der Waals surface area (Å²) >= 11 is 0. The second kappa shape index (κ2) is 6.08. The predicted molar refractivity (Wildman–Crippen MR) is 73.5 cm³/mol. The van der Waals surface area contributed by atoms with E-state index in [1.807, 2.05) is 0 Å². The number of oxime groups is 1. The highest BCUT2D eigenvalue weighted by Gasteiger charge is 2.12. The van der Waals surface area contributed by atoms with E-state index in [1.54, 1.807) is 13.0 Å². The SMILES string of the molecule is Cc1occc1C(=O)NCc1ccc(C(N)=NO)cc1F. The summed E-state index contributed by atoms with van der Waals surface area (Å²) in [5.41, 5.74) is 6.33. The predicted octanol–water partition coefficient (Wildman–Crippen LogP) is 1.75. The van der Waals surface area contributed by atoms with Crippen molar-refractivity contribution in [2.24, 2.45) is 10.9 Å². The molecular weight excluding hydrogens is 277 g/mol. The Morgan fingerprint density at radius 3 is 2.81 bits per heavy atom. The van der Waals surface area contributed by atoms with Gasteiger partial charge < -0.3 is 20.7 Å². The number of nitrogens with one attached hydrogen (secondary N) is 1. The number of nitrogens with zero attached hydrogens (tertiary/aromatic N) is 1. The minimum Gasteiger partial charge on any atom is -0.469 e. The molecule has 7 heteroatoms. The molecule has 0 saturated heterocycles. The molecule has 4 N–H and O–H groups in total. The second-order valence-electron chi connectivity index (χ2n) is 4.36. The number of halogens is 1.